The number of ether oxygens (including phenoxy) is 2. The lowest BCUT2D eigenvalue weighted by molar-refractivity contribution is -0.195. The van der Waals surface area contributed by atoms with Crippen molar-refractivity contribution in [1.82, 2.24) is 5.32 Å². The molecule has 7 atom stereocenters. The van der Waals surface area contributed by atoms with Crippen LogP contribution in [-0.4, -0.2) is 59.0 Å². The predicted molar refractivity (Wildman–Crippen MR) is 137 cm³/mol. The number of aliphatic hydroxyl groups is 2. The van der Waals surface area contributed by atoms with Crippen molar-refractivity contribution in [3.63, 3.8) is 0 Å². The number of cyclic esters (lactones) is 1. The van der Waals surface area contributed by atoms with Crippen LogP contribution in [0.4, 0.5) is 0 Å². The van der Waals surface area contributed by atoms with Crippen LogP contribution < -0.4 is 5.32 Å². The molecule has 0 radical (unpaired) electrons. The molecule has 2 aliphatic heterocycles. The van der Waals surface area contributed by atoms with E-state index in [1.165, 1.54) is 0 Å². The molecule has 0 aromatic rings. The van der Waals surface area contributed by atoms with Crippen LogP contribution in [0.15, 0.2) is 23.8 Å². The van der Waals surface area contributed by atoms with Gasteiger partial charge in [0, 0.05) is 31.8 Å². The third-order valence-corrected chi connectivity index (χ3v) is 7.91. The van der Waals surface area contributed by atoms with Crippen molar-refractivity contribution in [1.29, 1.82) is 0 Å². The lowest BCUT2D eigenvalue weighted by Crippen LogP contribution is -2.57. The van der Waals surface area contributed by atoms with Gasteiger partial charge in [-0.1, -0.05) is 51.8 Å². The fourth-order valence-corrected chi connectivity index (χ4v) is 5.49. The molecule has 0 aliphatic carbocycles. The van der Waals surface area contributed by atoms with Gasteiger partial charge in [0.05, 0.1) is 17.6 Å². The highest BCUT2D eigenvalue weighted by Gasteiger charge is 2.52. The van der Waals surface area contributed by atoms with E-state index in [1.807, 2.05) is 39.0 Å². The summed E-state index contributed by atoms with van der Waals surface area (Å²) in [6, 6.07) is 0. The van der Waals surface area contributed by atoms with Gasteiger partial charge in [-0.25, -0.2) is 0 Å². The Bertz CT molecular complexity index is 822. The topological polar surface area (TPSA) is 122 Å². The normalized spacial score (nSPS) is 30.7. The largest absolute Gasteiger partial charge is 0.457 e. The zero-order valence-electron chi connectivity index (χ0n) is 22.7. The van der Waals surface area contributed by atoms with Gasteiger partial charge in [-0.3, -0.25) is 19.7 Å². The van der Waals surface area contributed by atoms with Gasteiger partial charge in [0.15, 0.2) is 0 Å². The molecule has 2 aliphatic rings. The van der Waals surface area contributed by atoms with Gasteiger partial charge in [-0.15, -0.1) is 0 Å². The van der Waals surface area contributed by atoms with Gasteiger partial charge in [0.1, 0.15) is 12.2 Å². The zero-order valence-corrected chi connectivity index (χ0v) is 22.7. The molecule has 0 saturated carbocycles. The van der Waals surface area contributed by atoms with E-state index >= 15 is 0 Å². The van der Waals surface area contributed by atoms with E-state index in [2.05, 4.69) is 12.2 Å². The molecular formula is C28H45NO7. The maximum atomic E-state index is 12.8. The summed E-state index contributed by atoms with van der Waals surface area (Å²) in [7, 11) is 1.57. The van der Waals surface area contributed by atoms with E-state index < -0.39 is 35.8 Å². The van der Waals surface area contributed by atoms with E-state index in [9.17, 15) is 24.6 Å². The van der Waals surface area contributed by atoms with Crippen LogP contribution in [0.3, 0.4) is 0 Å². The van der Waals surface area contributed by atoms with Crippen LogP contribution >= 0.6 is 0 Å². The van der Waals surface area contributed by atoms with E-state index in [-0.39, 0.29) is 29.6 Å². The number of carbonyl (C=O) groups is 3. The quantitative estimate of drug-likeness (QED) is 0.210. The number of aliphatic hydroxyl groups excluding tert-OH is 1. The average Bonchev–Trinajstić information content (AvgIpc) is 2.82. The Hall–Kier alpha value is -2.03. The minimum atomic E-state index is -1.28. The number of allylic oxidation sites excluding steroid dienone is 1. The second kappa shape index (κ2) is 13.5. The Morgan fingerprint density at radius 1 is 1.25 bits per heavy atom. The van der Waals surface area contributed by atoms with Crippen molar-refractivity contribution in [3.05, 3.63) is 23.8 Å². The minimum absolute atomic E-state index is 0.0455. The number of carbonyl (C=O) groups excluding carboxylic acids is 3. The maximum absolute atomic E-state index is 12.8. The fourth-order valence-electron chi connectivity index (χ4n) is 5.49. The molecule has 3 N–H and O–H groups in total. The van der Waals surface area contributed by atoms with Gasteiger partial charge in [0.25, 0.3) is 0 Å². The Morgan fingerprint density at radius 3 is 2.47 bits per heavy atom. The van der Waals surface area contributed by atoms with Gasteiger partial charge < -0.3 is 19.7 Å². The van der Waals surface area contributed by atoms with E-state index in [1.54, 1.807) is 14.0 Å². The Kier molecular flexibility index (Phi) is 11.3. The molecule has 2 unspecified atom stereocenters. The molecule has 8 nitrogen and oxygen atoms in total. The van der Waals surface area contributed by atoms with Crippen molar-refractivity contribution in [2.75, 3.05) is 7.11 Å². The second-order valence-electron chi connectivity index (χ2n) is 10.7. The van der Waals surface area contributed by atoms with Gasteiger partial charge in [-0.2, -0.15) is 0 Å². The summed E-state index contributed by atoms with van der Waals surface area (Å²) in [6.45, 7) is 9.40. The second-order valence-corrected chi connectivity index (χ2v) is 10.7. The smallest absolute Gasteiger partial charge is 0.312 e. The van der Waals surface area contributed by atoms with Crippen LogP contribution in [0, 0.1) is 23.7 Å². The fraction of sp³-hybridized carbons (Fsp3) is 0.750. The zero-order chi connectivity index (χ0) is 27.0. The molecule has 0 bridgehead atoms. The van der Waals surface area contributed by atoms with Crippen LogP contribution in [0.5, 0.6) is 0 Å². The SMILES string of the molecule is CCC/C=C/[C@H](OC)[C@@H](O)[C@H](C)/C=C(/C)[C@@H]1OC(=O)C(C)C(O)(CCCC2CC(=O)NC(=O)C2)[C@H]1C. The molecule has 8 heteroatoms. The first kappa shape index (κ1) is 30.2. The molecule has 204 valence electrons. The molecular weight excluding hydrogens is 462 g/mol. The summed E-state index contributed by atoms with van der Waals surface area (Å²) in [6.07, 6.45) is 8.04. The lowest BCUT2D eigenvalue weighted by Gasteiger charge is -2.46. The lowest BCUT2D eigenvalue weighted by atomic mass is 9.69. The van der Waals surface area contributed by atoms with Crippen molar-refractivity contribution in [2.24, 2.45) is 23.7 Å². The molecule has 2 amide bonds. The van der Waals surface area contributed by atoms with Gasteiger partial charge >= 0.3 is 5.97 Å². The monoisotopic (exact) mass is 507 g/mol. The Labute approximate surface area is 215 Å². The molecule has 2 fully saturated rings. The van der Waals surface area contributed by atoms with Crippen molar-refractivity contribution in [2.45, 2.75) is 103 Å². The number of piperidine rings is 1. The molecule has 0 spiro atoms. The molecule has 2 saturated heterocycles. The summed E-state index contributed by atoms with van der Waals surface area (Å²) < 4.78 is 11.2. The number of amides is 2. The van der Waals surface area contributed by atoms with E-state index in [0.29, 0.717) is 32.1 Å². The Balaban J connectivity index is 2.10. The summed E-state index contributed by atoms with van der Waals surface area (Å²) in [5.41, 5.74) is -0.509. The van der Waals surface area contributed by atoms with Crippen molar-refractivity contribution in [3.8, 4) is 0 Å². The third-order valence-electron chi connectivity index (χ3n) is 7.91. The number of hydrogen-bond donors (Lipinski definition) is 3. The third kappa shape index (κ3) is 7.49. The van der Waals surface area contributed by atoms with Crippen LogP contribution in [0.1, 0.15) is 79.6 Å². The summed E-state index contributed by atoms with van der Waals surface area (Å²) in [5.74, 6) is -2.35. The summed E-state index contributed by atoms with van der Waals surface area (Å²) >= 11 is 0. The highest BCUT2D eigenvalue weighted by atomic mass is 16.6. The number of unbranched alkanes of at least 4 members (excludes halogenated alkanes) is 1. The highest BCUT2D eigenvalue weighted by Crippen LogP contribution is 2.42. The summed E-state index contributed by atoms with van der Waals surface area (Å²) in [4.78, 5) is 36.1. The van der Waals surface area contributed by atoms with Crippen LogP contribution in [0.25, 0.3) is 0 Å². The number of nitrogens with one attached hydrogen (secondary N) is 1. The predicted octanol–water partition coefficient (Wildman–Crippen LogP) is 3.45. The van der Waals surface area contributed by atoms with Crippen molar-refractivity contribution >= 4 is 17.8 Å². The van der Waals surface area contributed by atoms with Gasteiger partial charge in [0.2, 0.25) is 11.8 Å². The Morgan fingerprint density at radius 2 is 1.89 bits per heavy atom. The highest BCUT2D eigenvalue weighted by molar-refractivity contribution is 5.97. The molecule has 36 heavy (non-hydrogen) atoms. The van der Waals surface area contributed by atoms with Gasteiger partial charge in [-0.05, 0) is 44.6 Å². The number of hydrogen-bond acceptors (Lipinski definition) is 7. The number of methoxy groups -OCH3 is 1. The standard InChI is InChI=1S/C28H45NO7/c1-7-8-9-12-22(35-6)25(32)17(2)14-18(3)26-19(4)28(34,20(5)27(33)36-26)13-10-11-21-15-23(30)29-24(31)16-21/h9,12,14,17,19-22,25-26,32,34H,7-8,10-11,13,15-16H2,1-6H3,(H,29,30,31)/b12-9+,18-14-/t17-,19+,20?,22+,25+,26+,28?/m1/s1. The minimum Gasteiger partial charge on any atom is -0.457 e. The first-order valence-electron chi connectivity index (χ1n) is 13.3. The molecule has 2 rings (SSSR count). The number of rotatable bonds is 12. The maximum Gasteiger partial charge on any atom is 0.312 e. The van der Waals surface area contributed by atoms with Crippen molar-refractivity contribution < 1.29 is 34.1 Å². The molecule has 2 heterocycles. The van der Waals surface area contributed by atoms with E-state index in [4.69, 9.17) is 9.47 Å². The average molecular weight is 508 g/mol. The van der Waals surface area contributed by atoms with Crippen LogP contribution in [-0.2, 0) is 23.9 Å². The first-order chi connectivity index (χ1) is 16.9. The van der Waals surface area contributed by atoms with Crippen LogP contribution in [0.2, 0.25) is 0 Å². The first-order valence-corrected chi connectivity index (χ1v) is 13.3. The molecule has 0 aromatic carbocycles. The number of esters is 1. The van der Waals surface area contributed by atoms with E-state index in [0.717, 1.165) is 18.4 Å². The summed E-state index contributed by atoms with van der Waals surface area (Å²) in [5, 5.41) is 24.8. The molecule has 0 aromatic heterocycles. The number of imide groups is 1.